The molecule has 0 radical (unpaired) electrons. The fourth-order valence-corrected chi connectivity index (χ4v) is 3.61. The molecule has 0 saturated carbocycles. The first kappa shape index (κ1) is 27.3. The smallest absolute Gasteiger partial charge is 0.371 e. The summed E-state index contributed by atoms with van der Waals surface area (Å²) in [4.78, 5) is 11.3. The van der Waals surface area contributed by atoms with E-state index in [1.165, 1.54) is 12.1 Å². The van der Waals surface area contributed by atoms with E-state index in [0.717, 1.165) is 24.7 Å². The fourth-order valence-electron chi connectivity index (χ4n) is 2.85. The van der Waals surface area contributed by atoms with E-state index in [1.807, 2.05) is 0 Å². The van der Waals surface area contributed by atoms with Crippen LogP contribution in [0.5, 0.6) is 17.2 Å². The molecule has 0 unspecified atom stereocenters. The molecular formula is C24H29ClO8S. The lowest BCUT2D eigenvalue weighted by atomic mass is 10.1. The van der Waals surface area contributed by atoms with Crippen LogP contribution in [0.1, 0.15) is 37.8 Å². The summed E-state index contributed by atoms with van der Waals surface area (Å²) in [6.45, 7) is 4.81. The maximum atomic E-state index is 11.3. The molecule has 1 N–H and O–H groups in total. The Labute approximate surface area is 205 Å². The van der Waals surface area contributed by atoms with E-state index in [9.17, 15) is 18.3 Å². The highest BCUT2D eigenvalue weighted by Gasteiger charge is 2.12. The predicted octanol–water partition coefficient (Wildman–Crippen LogP) is 4.94. The number of carboxylic acids is 1. The van der Waals surface area contributed by atoms with E-state index in [1.54, 1.807) is 37.3 Å². The SMILES string of the molecule is CCCCOc1cc(C=C(OCC)C(=O)O)ccc1OCCc1ccc(OS(C)(=O)=O)c(Cl)c1. The van der Waals surface area contributed by atoms with Crippen molar-refractivity contribution in [3.05, 3.63) is 58.3 Å². The first-order valence-corrected chi connectivity index (χ1v) is 13.0. The molecule has 0 aliphatic rings. The summed E-state index contributed by atoms with van der Waals surface area (Å²) in [7, 11) is -3.67. The van der Waals surface area contributed by atoms with Gasteiger partial charge < -0.3 is 23.5 Å². The van der Waals surface area contributed by atoms with Gasteiger partial charge in [0, 0.05) is 6.42 Å². The third-order valence-electron chi connectivity index (χ3n) is 4.42. The van der Waals surface area contributed by atoms with Gasteiger partial charge in [0.1, 0.15) is 0 Å². The van der Waals surface area contributed by atoms with E-state index >= 15 is 0 Å². The van der Waals surface area contributed by atoms with Gasteiger partial charge in [0.25, 0.3) is 0 Å². The molecule has 2 aromatic carbocycles. The van der Waals surface area contributed by atoms with E-state index in [0.29, 0.717) is 36.7 Å². The van der Waals surface area contributed by atoms with Crippen molar-refractivity contribution in [1.82, 2.24) is 0 Å². The Balaban J connectivity index is 2.13. The zero-order valence-electron chi connectivity index (χ0n) is 19.4. The van der Waals surface area contributed by atoms with Gasteiger partial charge in [-0.1, -0.05) is 37.1 Å². The van der Waals surface area contributed by atoms with Crippen LogP contribution >= 0.6 is 11.6 Å². The van der Waals surface area contributed by atoms with E-state index in [-0.39, 0.29) is 23.1 Å². The number of unbranched alkanes of at least 4 members (excludes halogenated alkanes) is 1. The summed E-state index contributed by atoms with van der Waals surface area (Å²) in [6, 6.07) is 9.98. The number of aliphatic carboxylic acids is 1. The molecule has 8 nitrogen and oxygen atoms in total. The summed E-state index contributed by atoms with van der Waals surface area (Å²) in [5, 5.41) is 9.47. The maximum Gasteiger partial charge on any atom is 0.371 e. The predicted molar refractivity (Wildman–Crippen MR) is 130 cm³/mol. The zero-order valence-corrected chi connectivity index (χ0v) is 20.9. The van der Waals surface area contributed by atoms with Gasteiger partial charge in [-0.2, -0.15) is 8.42 Å². The molecule has 2 aromatic rings. The Morgan fingerprint density at radius 1 is 1.03 bits per heavy atom. The normalized spacial score (nSPS) is 11.7. The molecule has 0 heterocycles. The van der Waals surface area contributed by atoms with E-state index in [4.69, 9.17) is 30.0 Å². The number of rotatable bonds is 14. The number of ether oxygens (including phenoxy) is 3. The second kappa shape index (κ2) is 13.1. The maximum absolute atomic E-state index is 11.3. The average Bonchev–Trinajstić information content (AvgIpc) is 2.76. The van der Waals surface area contributed by atoms with Gasteiger partial charge in [0.05, 0.1) is 31.1 Å². The number of benzene rings is 2. The second-order valence-corrected chi connectivity index (χ2v) is 9.29. The second-order valence-electron chi connectivity index (χ2n) is 7.31. The topological polar surface area (TPSA) is 108 Å². The lowest BCUT2D eigenvalue weighted by Crippen LogP contribution is -2.07. The highest BCUT2D eigenvalue weighted by atomic mass is 35.5. The molecule has 0 spiro atoms. The fraction of sp³-hybridized carbons (Fsp3) is 0.375. The van der Waals surface area contributed by atoms with Crippen LogP contribution < -0.4 is 13.7 Å². The lowest BCUT2D eigenvalue weighted by Gasteiger charge is -2.14. The third kappa shape index (κ3) is 9.15. The lowest BCUT2D eigenvalue weighted by molar-refractivity contribution is -0.136. The number of hydrogen-bond donors (Lipinski definition) is 1. The Morgan fingerprint density at radius 2 is 1.74 bits per heavy atom. The molecule has 2 rings (SSSR count). The monoisotopic (exact) mass is 512 g/mol. The quantitative estimate of drug-likeness (QED) is 0.164. The van der Waals surface area contributed by atoms with Crippen LogP contribution in [-0.4, -0.2) is 45.6 Å². The molecule has 0 aromatic heterocycles. The van der Waals surface area contributed by atoms with Crippen molar-refractivity contribution in [3.63, 3.8) is 0 Å². The van der Waals surface area contributed by atoms with Crippen molar-refractivity contribution >= 4 is 33.8 Å². The van der Waals surface area contributed by atoms with Crippen LogP contribution in [-0.2, 0) is 26.1 Å². The first-order chi connectivity index (χ1) is 16.1. The van der Waals surface area contributed by atoms with Crippen molar-refractivity contribution in [3.8, 4) is 17.2 Å². The zero-order chi connectivity index (χ0) is 25.1. The van der Waals surface area contributed by atoms with Gasteiger partial charge in [0.2, 0.25) is 5.76 Å². The van der Waals surface area contributed by atoms with Crippen LogP contribution in [0.2, 0.25) is 5.02 Å². The van der Waals surface area contributed by atoms with Crippen molar-refractivity contribution in [2.24, 2.45) is 0 Å². The molecule has 0 bridgehead atoms. The van der Waals surface area contributed by atoms with Gasteiger partial charge >= 0.3 is 16.1 Å². The number of carboxylic acid groups (broad SMARTS) is 1. The molecule has 10 heteroatoms. The number of hydrogen-bond acceptors (Lipinski definition) is 7. The molecule has 34 heavy (non-hydrogen) atoms. The van der Waals surface area contributed by atoms with Crippen LogP contribution in [0, 0.1) is 0 Å². The van der Waals surface area contributed by atoms with Gasteiger partial charge in [-0.15, -0.1) is 0 Å². The Kier molecular flexibility index (Phi) is 10.5. The van der Waals surface area contributed by atoms with Crippen molar-refractivity contribution in [2.45, 2.75) is 33.1 Å². The summed E-state index contributed by atoms with van der Waals surface area (Å²) in [6.07, 6.45) is 4.71. The molecule has 186 valence electrons. The van der Waals surface area contributed by atoms with Crippen LogP contribution in [0.3, 0.4) is 0 Å². The van der Waals surface area contributed by atoms with Gasteiger partial charge in [-0.3, -0.25) is 0 Å². The van der Waals surface area contributed by atoms with Gasteiger partial charge in [0.15, 0.2) is 17.2 Å². The molecule has 0 fully saturated rings. The largest absolute Gasteiger partial charge is 0.490 e. The highest BCUT2D eigenvalue weighted by Crippen LogP contribution is 2.31. The molecule has 0 atom stereocenters. The summed E-state index contributed by atoms with van der Waals surface area (Å²) < 4.78 is 44.4. The Hall–Kier alpha value is -2.91. The summed E-state index contributed by atoms with van der Waals surface area (Å²) in [5.74, 6) is -0.224. The molecule has 0 aliphatic heterocycles. The summed E-state index contributed by atoms with van der Waals surface area (Å²) in [5.41, 5.74) is 1.44. The third-order valence-corrected chi connectivity index (χ3v) is 5.20. The van der Waals surface area contributed by atoms with Crippen molar-refractivity contribution in [1.29, 1.82) is 0 Å². The van der Waals surface area contributed by atoms with Crippen LogP contribution in [0.25, 0.3) is 6.08 Å². The average molecular weight is 513 g/mol. The van der Waals surface area contributed by atoms with Gasteiger partial charge in [-0.25, -0.2) is 4.79 Å². The van der Waals surface area contributed by atoms with Crippen LogP contribution in [0.4, 0.5) is 0 Å². The minimum atomic E-state index is -3.67. The molecule has 0 aliphatic carbocycles. The summed E-state index contributed by atoms with van der Waals surface area (Å²) >= 11 is 6.12. The Morgan fingerprint density at radius 3 is 2.35 bits per heavy atom. The standard InChI is InChI=1S/C24H29ClO8S/c1-4-6-12-31-22-15-18(16-23(24(26)27)30-5-2)8-10-21(22)32-13-11-17-7-9-20(19(25)14-17)33-34(3,28)29/h7-10,14-16H,4-6,11-13H2,1-3H3,(H,26,27). The van der Waals surface area contributed by atoms with Crippen LogP contribution in [0.15, 0.2) is 42.2 Å². The van der Waals surface area contributed by atoms with Crippen molar-refractivity contribution in [2.75, 3.05) is 26.1 Å². The van der Waals surface area contributed by atoms with E-state index in [2.05, 4.69) is 6.92 Å². The highest BCUT2D eigenvalue weighted by molar-refractivity contribution is 7.86. The molecule has 0 amide bonds. The number of carbonyl (C=O) groups is 1. The van der Waals surface area contributed by atoms with Gasteiger partial charge in [-0.05, 0) is 54.8 Å². The molecule has 0 saturated heterocycles. The van der Waals surface area contributed by atoms with E-state index < -0.39 is 16.1 Å². The van der Waals surface area contributed by atoms with Crippen molar-refractivity contribution < 1.29 is 36.7 Å². The first-order valence-electron chi connectivity index (χ1n) is 10.8. The molecular weight excluding hydrogens is 484 g/mol. The minimum Gasteiger partial charge on any atom is -0.490 e. The minimum absolute atomic E-state index is 0.0665. The number of halogens is 1. The Bertz CT molecular complexity index is 1110.